The second-order valence-corrected chi connectivity index (χ2v) is 7.08. The first-order valence-electron chi connectivity index (χ1n) is 9.25. The van der Waals surface area contributed by atoms with Crippen molar-refractivity contribution in [3.63, 3.8) is 0 Å². The van der Waals surface area contributed by atoms with E-state index in [0.29, 0.717) is 16.6 Å². The zero-order chi connectivity index (χ0) is 19.2. The molecule has 2 N–H and O–H groups in total. The standard InChI is InChI=1S/C21H27N3O2S/c1-15(16-6-9-18(10-7-16)24-12-4-5-13-24)22-21(27)23-17-8-11-19(25-2)20(14-17)26-3/h6-11,14-15H,4-5,12-13H2,1-3H3,(H2,22,23,27). The molecule has 1 saturated heterocycles. The van der Waals surface area contributed by atoms with Crippen molar-refractivity contribution in [2.24, 2.45) is 0 Å². The molecule has 0 saturated carbocycles. The van der Waals surface area contributed by atoms with Gasteiger partial charge < -0.3 is 25.0 Å². The van der Waals surface area contributed by atoms with Crippen molar-refractivity contribution in [3.8, 4) is 11.5 Å². The van der Waals surface area contributed by atoms with E-state index in [1.807, 2.05) is 18.2 Å². The Bertz CT molecular complexity index is 773. The molecule has 0 bridgehead atoms. The van der Waals surface area contributed by atoms with Crippen molar-refractivity contribution < 1.29 is 9.47 Å². The topological polar surface area (TPSA) is 45.8 Å². The van der Waals surface area contributed by atoms with Crippen molar-refractivity contribution in [3.05, 3.63) is 48.0 Å². The third kappa shape index (κ3) is 4.83. The molecule has 144 valence electrons. The molecule has 0 aliphatic carbocycles. The van der Waals surface area contributed by atoms with Crippen LogP contribution in [0.25, 0.3) is 0 Å². The number of rotatable bonds is 6. The van der Waals surface area contributed by atoms with Gasteiger partial charge in [0, 0.05) is 30.5 Å². The van der Waals surface area contributed by atoms with Gasteiger partial charge >= 0.3 is 0 Å². The van der Waals surface area contributed by atoms with Crippen molar-refractivity contribution in [1.82, 2.24) is 5.32 Å². The minimum Gasteiger partial charge on any atom is -0.493 e. The smallest absolute Gasteiger partial charge is 0.171 e. The number of methoxy groups -OCH3 is 2. The van der Waals surface area contributed by atoms with Crippen LogP contribution < -0.4 is 25.0 Å². The third-order valence-corrected chi connectivity index (χ3v) is 5.07. The molecule has 1 fully saturated rings. The Labute approximate surface area is 166 Å². The molecule has 5 nitrogen and oxygen atoms in total. The predicted molar refractivity (Wildman–Crippen MR) is 115 cm³/mol. The van der Waals surface area contributed by atoms with Crippen LogP contribution in [0.3, 0.4) is 0 Å². The summed E-state index contributed by atoms with van der Waals surface area (Å²) in [6.45, 7) is 4.42. The lowest BCUT2D eigenvalue weighted by Crippen LogP contribution is -2.30. The van der Waals surface area contributed by atoms with Crippen LogP contribution in [0, 0.1) is 0 Å². The number of anilines is 2. The largest absolute Gasteiger partial charge is 0.493 e. The molecule has 0 aromatic heterocycles. The van der Waals surface area contributed by atoms with Crippen molar-refractivity contribution in [2.75, 3.05) is 37.5 Å². The molecular weight excluding hydrogens is 358 g/mol. The quantitative estimate of drug-likeness (QED) is 0.721. The SMILES string of the molecule is COc1ccc(NC(=S)NC(C)c2ccc(N3CCCC3)cc2)cc1OC. The van der Waals surface area contributed by atoms with Gasteiger partial charge in [-0.15, -0.1) is 0 Å². The fraction of sp³-hybridized carbons (Fsp3) is 0.381. The number of thiocarbonyl (C=S) groups is 1. The van der Waals surface area contributed by atoms with Gasteiger partial charge in [-0.1, -0.05) is 12.1 Å². The van der Waals surface area contributed by atoms with E-state index in [4.69, 9.17) is 21.7 Å². The van der Waals surface area contributed by atoms with Crippen LogP contribution in [-0.2, 0) is 0 Å². The molecule has 2 aromatic rings. The lowest BCUT2D eigenvalue weighted by Gasteiger charge is -2.21. The van der Waals surface area contributed by atoms with Gasteiger partial charge in [0.15, 0.2) is 16.6 Å². The maximum atomic E-state index is 5.46. The zero-order valence-electron chi connectivity index (χ0n) is 16.1. The molecule has 27 heavy (non-hydrogen) atoms. The van der Waals surface area contributed by atoms with Crippen LogP contribution in [0.2, 0.25) is 0 Å². The minimum atomic E-state index is 0.109. The number of hydrogen-bond donors (Lipinski definition) is 2. The molecule has 1 atom stereocenters. The number of nitrogens with one attached hydrogen (secondary N) is 2. The summed E-state index contributed by atoms with van der Waals surface area (Å²) in [5.41, 5.74) is 3.35. The molecule has 6 heteroatoms. The van der Waals surface area contributed by atoms with Crippen molar-refractivity contribution >= 4 is 28.7 Å². The van der Waals surface area contributed by atoms with Gasteiger partial charge in [-0.3, -0.25) is 0 Å². The van der Waals surface area contributed by atoms with Gasteiger partial charge in [0.2, 0.25) is 0 Å². The van der Waals surface area contributed by atoms with Gasteiger partial charge in [0.25, 0.3) is 0 Å². The average Bonchev–Trinajstić information content (AvgIpc) is 3.22. The Hall–Kier alpha value is -2.47. The van der Waals surface area contributed by atoms with Gasteiger partial charge in [0.1, 0.15) is 0 Å². The molecule has 2 aromatic carbocycles. The highest BCUT2D eigenvalue weighted by molar-refractivity contribution is 7.80. The Kier molecular flexibility index (Phi) is 6.40. The number of nitrogens with zero attached hydrogens (tertiary/aromatic N) is 1. The molecule has 1 heterocycles. The monoisotopic (exact) mass is 385 g/mol. The van der Waals surface area contributed by atoms with Crippen molar-refractivity contribution in [2.45, 2.75) is 25.8 Å². The van der Waals surface area contributed by atoms with E-state index in [9.17, 15) is 0 Å². The first-order chi connectivity index (χ1) is 13.1. The summed E-state index contributed by atoms with van der Waals surface area (Å²) in [5.74, 6) is 1.35. The Balaban J connectivity index is 1.58. The first kappa shape index (κ1) is 19.3. The highest BCUT2D eigenvalue weighted by Gasteiger charge is 2.13. The fourth-order valence-electron chi connectivity index (χ4n) is 3.31. The van der Waals surface area contributed by atoms with E-state index in [1.165, 1.54) is 24.1 Å². The molecule has 1 aliphatic heterocycles. The molecule has 0 spiro atoms. The van der Waals surface area contributed by atoms with E-state index in [2.05, 4.69) is 46.7 Å². The van der Waals surface area contributed by atoms with Crippen LogP contribution >= 0.6 is 12.2 Å². The van der Waals surface area contributed by atoms with Gasteiger partial charge in [-0.2, -0.15) is 0 Å². The third-order valence-electron chi connectivity index (χ3n) is 4.85. The summed E-state index contributed by atoms with van der Waals surface area (Å²) in [5, 5.41) is 7.10. The lowest BCUT2D eigenvalue weighted by molar-refractivity contribution is 0.355. The Morgan fingerprint density at radius 3 is 2.30 bits per heavy atom. The minimum absolute atomic E-state index is 0.109. The van der Waals surface area contributed by atoms with Crippen molar-refractivity contribution in [1.29, 1.82) is 0 Å². The van der Waals surface area contributed by atoms with E-state index >= 15 is 0 Å². The van der Waals surface area contributed by atoms with Crippen LogP contribution in [-0.4, -0.2) is 32.4 Å². The van der Waals surface area contributed by atoms with Crippen LogP contribution in [0.5, 0.6) is 11.5 Å². The number of hydrogen-bond acceptors (Lipinski definition) is 4. The number of ether oxygens (including phenoxy) is 2. The first-order valence-corrected chi connectivity index (χ1v) is 9.66. The molecule has 1 aliphatic rings. The summed E-state index contributed by atoms with van der Waals surface area (Å²) in [6.07, 6.45) is 2.57. The van der Waals surface area contributed by atoms with Crippen LogP contribution in [0.4, 0.5) is 11.4 Å². The molecule has 0 amide bonds. The van der Waals surface area contributed by atoms with E-state index in [1.54, 1.807) is 14.2 Å². The van der Waals surface area contributed by atoms with Gasteiger partial charge in [0.05, 0.1) is 20.3 Å². The van der Waals surface area contributed by atoms with Gasteiger partial charge in [-0.05, 0) is 61.8 Å². The average molecular weight is 386 g/mol. The zero-order valence-corrected chi connectivity index (χ0v) is 16.9. The summed E-state index contributed by atoms with van der Waals surface area (Å²) < 4.78 is 10.6. The van der Waals surface area contributed by atoms with E-state index in [0.717, 1.165) is 18.8 Å². The summed E-state index contributed by atoms with van der Waals surface area (Å²) in [6, 6.07) is 14.5. The molecule has 3 rings (SSSR count). The Morgan fingerprint density at radius 1 is 1.00 bits per heavy atom. The fourth-order valence-corrected chi connectivity index (χ4v) is 3.60. The maximum Gasteiger partial charge on any atom is 0.171 e. The summed E-state index contributed by atoms with van der Waals surface area (Å²) in [7, 11) is 3.24. The second-order valence-electron chi connectivity index (χ2n) is 6.68. The molecular formula is C21H27N3O2S. The summed E-state index contributed by atoms with van der Waals surface area (Å²) >= 11 is 5.46. The lowest BCUT2D eigenvalue weighted by atomic mass is 10.1. The predicted octanol–water partition coefficient (Wildman–Crippen LogP) is 4.35. The maximum absolute atomic E-state index is 5.46. The second kappa shape index (κ2) is 8.95. The van der Waals surface area contributed by atoms with E-state index in [-0.39, 0.29) is 6.04 Å². The highest BCUT2D eigenvalue weighted by Crippen LogP contribution is 2.29. The van der Waals surface area contributed by atoms with Crippen LogP contribution in [0.15, 0.2) is 42.5 Å². The van der Waals surface area contributed by atoms with Crippen LogP contribution in [0.1, 0.15) is 31.4 Å². The Morgan fingerprint density at radius 2 is 1.67 bits per heavy atom. The highest BCUT2D eigenvalue weighted by atomic mass is 32.1. The molecule has 0 radical (unpaired) electrons. The van der Waals surface area contributed by atoms with E-state index < -0.39 is 0 Å². The number of benzene rings is 2. The molecule has 1 unspecified atom stereocenters. The normalized spacial score (nSPS) is 14.6. The van der Waals surface area contributed by atoms with Gasteiger partial charge in [-0.25, -0.2) is 0 Å². The summed E-state index contributed by atoms with van der Waals surface area (Å²) in [4.78, 5) is 2.44.